The number of hydrogen-bond donors (Lipinski definition) is 2. The Balaban J connectivity index is 2.34. The van der Waals surface area contributed by atoms with Crippen molar-refractivity contribution in [2.45, 2.75) is 25.7 Å². The Morgan fingerprint density at radius 2 is 1.95 bits per heavy atom. The first kappa shape index (κ1) is 18.8. The van der Waals surface area contributed by atoms with Gasteiger partial charge in [-0.15, -0.1) is 0 Å². The van der Waals surface area contributed by atoms with Crippen LogP contribution in [0.15, 0.2) is 0 Å². The molecule has 0 atom stereocenters. The van der Waals surface area contributed by atoms with E-state index in [1.807, 2.05) is 0 Å². The summed E-state index contributed by atoms with van der Waals surface area (Å²) in [5.74, 6) is 0. The lowest BCUT2D eigenvalue weighted by atomic mass is 10.2. The highest BCUT2D eigenvalue weighted by Crippen LogP contribution is 2.08. The van der Waals surface area contributed by atoms with Crippen LogP contribution in [0.2, 0.25) is 0 Å². The maximum Gasteiger partial charge on any atom is 0.279 e. The Hall–Kier alpha value is -0.250. The van der Waals surface area contributed by atoms with Crippen LogP contribution >= 0.6 is 0 Å². The zero-order valence-corrected chi connectivity index (χ0v) is 13.9. The van der Waals surface area contributed by atoms with Crippen LogP contribution in [0.25, 0.3) is 0 Å². The van der Waals surface area contributed by atoms with Gasteiger partial charge in [-0.05, 0) is 38.9 Å². The number of ether oxygens (including phenoxy) is 1. The molecule has 0 aromatic carbocycles. The summed E-state index contributed by atoms with van der Waals surface area (Å²) in [7, 11) is -1.81. The summed E-state index contributed by atoms with van der Waals surface area (Å²) in [5.41, 5.74) is 5.49. The Morgan fingerprint density at radius 1 is 1.14 bits per heavy atom. The molecule has 1 heterocycles. The third kappa shape index (κ3) is 7.53. The summed E-state index contributed by atoms with van der Waals surface area (Å²) in [6.07, 6.45) is 4.23. The predicted molar refractivity (Wildman–Crippen MR) is 84.3 cm³/mol. The lowest BCUT2D eigenvalue weighted by molar-refractivity contribution is 0.203. The monoisotopic (exact) mass is 322 g/mol. The lowest BCUT2D eigenvalue weighted by Gasteiger charge is -2.21. The molecule has 1 aliphatic rings. The molecular weight excluding hydrogens is 292 g/mol. The van der Waals surface area contributed by atoms with Gasteiger partial charge in [-0.25, -0.2) is 0 Å². The van der Waals surface area contributed by atoms with E-state index in [1.165, 1.54) is 0 Å². The second kappa shape index (κ2) is 10.5. The second-order valence-corrected chi connectivity index (χ2v) is 7.09. The van der Waals surface area contributed by atoms with Crippen molar-refractivity contribution in [2.75, 3.05) is 59.5 Å². The predicted octanol–water partition coefficient (Wildman–Crippen LogP) is -0.396. The zero-order valence-electron chi connectivity index (χ0n) is 13.1. The summed E-state index contributed by atoms with van der Waals surface area (Å²) in [6, 6.07) is 0. The molecule has 0 bridgehead atoms. The van der Waals surface area contributed by atoms with Crippen LogP contribution in [0.4, 0.5) is 0 Å². The Bertz CT molecular complexity index is 364. The standard InChI is InChI=1S/C13H30N4O3S/c1-20-13-7-15-21(18,19)17-10-5-9-16(11-12-17)8-4-2-3-6-14/h15H,2-14H2,1H3. The Morgan fingerprint density at radius 3 is 2.67 bits per heavy atom. The smallest absolute Gasteiger partial charge is 0.279 e. The third-order valence-electron chi connectivity index (χ3n) is 3.66. The topological polar surface area (TPSA) is 87.9 Å². The minimum Gasteiger partial charge on any atom is -0.383 e. The van der Waals surface area contributed by atoms with Gasteiger partial charge in [0.05, 0.1) is 6.61 Å². The molecule has 0 aliphatic carbocycles. The summed E-state index contributed by atoms with van der Waals surface area (Å²) < 4.78 is 33.3. The molecule has 0 aromatic rings. The number of nitrogens with zero attached hydrogens (tertiary/aromatic N) is 2. The van der Waals surface area contributed by atoms with Crippen molar-refractivity contribution >= 4 is 10.2 Å². The first-order chi connectivity index (χ1) is 10.1. The van der Waals surface area contributed by atoms with Gasteiger partial charge in [0.2, 0.25) is 0 Å². The van der Waals surface area contributed by atoms with Crippen LogP contribution in [0.5, 0.6) is 0 Å². The van der Waals surface area contributed by atoms with Gasteiger partial charge in [-0.1, -0.05) is 6.42 Å². The molecule has 0 unspecified atom stereocenters. The number of rotatable bonds is 10. The largest absolute Gasteiger partial charge is 0.383 e. The van der Waals surface area contributed by atoms with E-state index in [2.05, 4.69) is 9.62 Å². The quantitative estimate of drug-likeness (QED) is 0.535. The van der Waals surface area contributed by atoms with Gasteiger partial charge in [0.1, 0.15) is 0 Å². The van der Waals surface area contributed by atoms with E-state index in [0.29, 0.717) is 26.2 Å². The highest BCUT2D eigenvalue weighted by molar-refractivity contribution is 7.87. The molecule has 126 valence electrons. The van der Waals surface area contributed by atoms with Gasteiger partial charge in [-0.3, -0.25) is 0 Å². The number of nitrogens with two attached hydrogens (primary N) is 1. The molecule has 0 saturated carbocycles. The number of hydrogen-bond acceptors (Lipinski definition) is 5. The maximum atomic E-state index is 12.1. The van der Waals surface area contributed by atoms with E-state index >= 15 is 0 Å². The fourth-order valence-electron chi connectivity index (χ4n) is 2.43. The average molecular weight is 322 g/mol. The van der Waals surface area contributed by atoms with Gasteiger partial charge in [0.25, 0.3) is 10.2 Å². The molecule has 1 fully saturated rings. The van der Waals surface area contributed by atoms with Crippen molar-refractivity contribution in [3.63, 3.8) is 0 Å². The molecule has 1 aliphatic heterocycles. The molecule has 0 aromatic heterocycles. The van der Waals surface area contributed by atoms with Crippen LogP contribution in [-0.4, -0.2) is 77.2 Å². The minimum absolute atomic E-state index is 0.318. The molecule has 1 rings (SSSR count). The molecule has 3 N–H and O–H groups in total. The van der Waals surface area contributed by atoms with Crippen molar-refractivity contribution in [2.24, 2.45) is 5.73 Å². The van der Waals surface area contributed by atoms with E-state index in [-0.39, 0.29) is 0 Å². The van der Waals surface area contributed by atoms with E-state index in [1.54, 1.807) is 11.4 Å². The number of methoxy groups -OCH3 is 1. The van der Waals surface area contributed by atoms with Crippen molar-refractivity contribution in [3.05, 3.63) is 0 Å². The van der Waals surface area contributed by atoms with Gasteiger partial charge < -0.3 is 15.4 Å². The highest BCUT2D eigenvalue weighted by atomic mass is 32.2. The van der Waals surface area contributed by atoms with Gasteiger partial charge in [0, 0.05) is 33.3 Å². The summed E-state index contributed by atoms with van der Waals surface area (Å²) >= 11 is 0. The molecule has 1 saturated heterocycles. The van der Waals surface area contributed by atoms with Crippen LogP contribution < -0.4 is 10.5 Å². The molecular formula is C13H30N4O3S. The first-order valence-corrected chi connectivity index (χ1v) is 9.20. The number of unbranched alkanes of at least 4 members (excludes halogenated alkanes) is 2. The van der Waals surface area contributed by atoms with Crippen LogP contribution in [0.3, 0.4) is 0 Å². The molecule has 8 heteroatoms. The fraction of sp³-hybridized carbons (Fsp3) is 1.00. The second-order valence-electron chi connectivity index (χ2n) is 5.34. The van der Waals surface area contributed by atoms with E-state index < -0.39 is 10.2 Å². The summed E-state index contributed by atoms with van der Waals surface area (Å²) in [6.45, 7) is 5.39. The van der Waals surface area contributed by atoms with Crippen LogP contribution in [-0.2, 0) is 14.9 Å². The SMILES string of the molecule is COCCNS(=O)(=O)N1CCCN(CCCCCN)CC1. The lowest BCUT2D eigenvalue weighted by Crippen LogP contribution is -2.43. The van der Waals surface area contributed by atoms with E-state index in [0.717, 1.165) is 51.9 Å². The summed E-state index contributed by atoms with van der Waals surface area (Å²) in [5, 5.41) is 0. The molecule has 0 spiro atoms. The normalized spacial score (nSPS) is 18.8. The van der Waals surface area contributed by atoms with Crippen molar-refractivity contribution in [1.82, 2.24) is 13.9 Å². The van der Waals surface area contributed by atoms with Crippen molar-refractivity contribution < 1.29 is 13.2 Å². The zero-order chi connectivity index (χ0) is 15.6. The van der Waals surface area contributed by atoms with Gasteiger partial charge >= 0.3 is 0 Å². The number of nitrogens with one attached hydrogen (secondary N) is 1. The van der Waals surface area contributed by atoms with E-state index in [4.69, 9.17) is 10.5 Å². The molecule has 7 nitrogen and oxygen atoms in total. The van der Waals surface area contributed by atoms with Crippen LogP contribution in [0.1, 0.15) is 25.7 Å². The molecule has 0 amide bonds. The third-order valence-corrected chi connectivity index (χ3v) is 5.27. The Labute approximate surface area is 129 Å². The highest BCUT2D eigenvalue weighted by Gasteiger charge is 2.24. The van der Waals surface area contributed by atoms with Crippen molar-refractivity contribution in [3.8, 4) is 0 Å². The minimum atomic E-state index is -3.37. The molecule has 21 heavy (non-hydrogen) atoms. The van der Waals surface area contributed by atoms with Crippen molar-refractivity contribution in [1.29, 1.82) is 0 Å². The Kier molecular flexibility index (Phi) is 9.37. The fourth-order valence-corrected chi connectivity index (χ4v) is 3.65. The van der Waals surface area contributed by atoms with Crippen LogP contribution in [0, 0.1) is 0 Å². The van der Waals surface area contributed by atoms with E-state index in [9.17, 15) is 8.42 Å². The molecule has 0 radical (unpaired) electrons. The summed E-state index contributed by atoms with van der Waals surface area (Å²) in [4.78, 5) is 2.35. The first-order valence-electron chi connectivity index (χ1n) is 7.76. The maximum absolute atomic E-state index is 12.1. The average Bonchev–Trinajstić information content (AvgIpc) is 2.70. The van der Waals surface area contributed by atoms with Gasteiger partial charge in [0.15, 0.2) is 0 Å². The van der Waals surface area contributed by atoms with Gasteiger partial charge in [-0.2, -0.15) is 17.4 Å².